The highest BCUT2D eigenvalue weighted by atomic mass is 35.5. The van der Waals surface area contributed by atoms with Crippen LogP contribution in [0.4, 0.5) is 18.3 Å². The highest BCUT2D eigenvalue weighted by Gasteiger charge is 2.54. The number of carbonyl (C=O) groups is 3. The average Bonchev–Trinajstić information content (AvgIpc) is 3.61. The second-order valence-corrected chi connectivity index (χ2v) is 13.5. The van der Waals surface area contributed by atoms with E-state index in [2.05, 4.69) is 30.0 Å². The van der Waals surface area contributed by atoms with Gasteiger partial charge in [-0.25, -0.2) is 4.79 Å². The molecule has 268 valence electrons. The van der Waals surface area contributed by atoms with Crippen LogP contribution in [0.15, 0.2) is 120 Å². The van der Waals surface area contributed by atoms with Crippen molar-refractivity contribution >= 4 is 63.5 Å². The number of aromatic nitrogens is 2. The number of halogens is 4. The fourth-order valence-corrected chi connectivity index (χ4v) is 7.87. The Morgan fingerprint density at radius 2 is 1.58 bits per heavy atom. The summed E-state index contributed by atoms with van der Waals surface area (Å²) in [4.78, 5) is 49.0. The van der Waals surface area contributed by atoms with Crippen molar-refractivity contribution in [2.75, 3.05) is 23.6 Å². The first kappa shape index (κ1) is 36.6. The second kappa shape index (κ2) is 15.6. The van der Waals surface area contributed by atoms with Crippen LogP contribution in [0.2, 0.25) is 0 Å². The van der Waals surface area contributed by atoms with Gasteiger partial charge in [0.1, 0.15) is 22.7 Å². The number of rotatable bonds is 13. The Balaban J connectivity index is 1.33. The van der Waals surface area contributed by atoms with Gasteiger partial charge in [-0.2, -0.15) is 22.5 Å². The Bertz CT molecular complexity index is 1930. The van der Waals surface area contributed by atoms with E-state index in [0.29, 0.717) is 5.57 Å². The number of amides is 2. The van der Waals surface area contributed by atoms with E-state index < -0.39 is 53.2 Å². The van der Waals surface area contributed by atoms with Gasteiger partial charge in [-0.05, 0) is 22.3 Å². The molecule has 0 unspecified atom stereocenters. The molecule has 52 heavy (non-hydrogen) atoms. The van der Waals surface area contributed by atoms with Gasteiger partial charge in [0.25, 0.3) is 11.8 Å². The van der Waals surface area contributed by atoms with Gasteiger partial charge in [-0.3, -0.25) is 14.5 Å². The Hall–Kier alpha value is -5.19. The number of carboxylic acids is 1. The van der Waals surface area contributed by atoms with E-state index in [1.807, 2.05) is 91.0 Å². The summed E-state index contributed by atoms with van der Waals surface area (Å²) in [6, 6.07) is 27.3. The van der Waals surface area contributed by atoms with Crippen molar-refractivity contribution in [2.24, 2.45) is 5.16 Å². The molecular formula is C35H28ClF3N6O5S2. The molecule has 0 saturated carbocycles. The molecule has 1 saturated heterocycles. The maximum Gasteiger partial charge on any atom is 0.425 e. The van der Waals surface area contributed by atoms with E-state index in [4.69, 9.17) is 11.6 Å². The minimum atomic E-state index is -4.77. The van der Waals surface area contributed by atoms with Crippen LogP contribution in [-0.4, -0.2) is 78.7 Å². The topological polar surface area (TPSA) is 146 Å². The fraction of sp³-hybridized carbons (Fsp3) is 0.200. The lowest BCUT2D eigenvalue weighted by atomic mass is 9.77. The summed E-state index contributed by atoms with van der Waals surface area (Å²) in [5, 5.41) is 18.7. The minimum absolute atomic E-state index is 0.128. The quantitative estimate of drug-likeness (QED) is 0.0509. The normalized spacial score (nSPS) is 17.8. The van der Waals surface area contributed by atoms with Gasteiger partial charge in [-0.1, -0.05) is 108 Å². The third kappa shape index (κ3) is 7.54. The number of allylic oxidation sites excluding steroid dienone is 2. The number of carboxylic acid groups (broad SMARTS) is 1. The average molecular weight is 769 g/mol. The van der Waals surface area contributed by atoms with E-state index in [1.165, 1.54) is 17.8 Å². The van der Waals surface area contributed by atoms with Gasteiger partial charge in [-0.15, -0.1) is 23.4 Å². The second-order valence-electron chi connectivity index (χ2n) is 11.3. The number of nitrogens with one attached hydrogen (secondary N) is 2. The van der Waals surface area contributed by atoms with Crippen molar-refractivity contribution in [3.8, 4) is 0 Å². The Kier molecular flexibility index (Phi) is 11.0. The summed E-state index contributed by atoms with van der Waals surface area (Å²) >= 11 is 7.74. The molecule has 2 aliphatic rings. The summed E-state index contributed by atoms with van der Waals surface area (Å²) in [5.74, 6) is -3.22. The van der Waals surface area contributed by atoms with Crippen LogP contribution in [0.5, 0.6) is 0 Å². The molecule has 3 heterocycles. The molecular weight excluding hydrogens is 741 g/mol. The van der Waals surface area contributed by atoms with E-state index in [1.54, 1.807) is 6.08 Å². The third-order valence-electron chi connectivity index (χ3n) is 8.05. The summed E-state index contributed by atoms with van der Waals surface area (Å²) in [6.07, 6.45) is -1.71. The molecule has 2 atom stereocenters. The number of alkyl halides is 4. The molecule has 2 amide bonds. The number of anilines is 1. The molecule has 2 aliphatic heterocycles. The van der Waals surface area contributed by atoms with Crippen LogP contribution >= 0.6 is 34.9 Å². The molecule has 4 aromatic rings. The van der Waals surface area contributed by atoms with Gasteiger partial charge in [0.2, 0.25) is 23.3 Å². The Morgan fingerprint density at radius 1 is 1.00 bits per heavy atom. The zero-order valence-electron chi connectivity index (χ0n) is 26.8. The van der Waals surface area contributed by atoms with Crippen molar-refractivity contribution in [2.45, 2.75) is 23.1 Å². The maximum absolute atomic E-state index is 13.7. The van der Waals surface area contributed by atoms with Crippen molar-refractivity contribution in [3.63, 3.8) is 0 Å². The molecule has 3 aromatic carbocycles. The number of benzene rings is 3. The Labute approximate surface area is 308 Å². The van der Waals surface area contributed by atoms with Crippen LogP contribution < -0.4 is 10.6 Å². The predicted molar refractivity (Wildman–Crippen MR) is 191 cm³/mol. The number of aliphatic carboxylic acids is 1. The van der Waals surface area contributed by atoms with E-state index in [9.17, 15) is 32.7 Å². The molecule has 0 aliphatic carbocycles. The van der Waals surface area contributed by atoms with Crippen LogP contribution in [0.25, 0.3) is 0 Å². The zero-order chi connectivity index (χ0) is 36.9. The van der Waals surface area contributed by atoms with Crippen molar-refractivity contribution in [1.29, 1.82) is 0 Å². The van der Waals surface area contributed by atoms with Crippen LogP contribution in [-0.2, 0) is 24.8 Å². The molecule has 6 rings (SSSR count). The Morgan fingerprint density at radius 3 is 2.10 bits per heavy atom. The van der Waals surface area contributed by atoms with Gasteiger partial charge in [0.05, 0.1) is 0 Å². The van der Waals surface area contributed by atoms with Gasteiger partial charge in [0, 0.05) is 23.2 Å². The van der Waals surface area contributed by atoms with Crippen molar-refractivity contribution < 1.29 is 37.5 Å². The first-order chi connectivity index (χ1) is 25.0. The summed E-state index contributed by atoms with van der Waals surface area (Å²) in [7, 11) is 0. The summed E-state index contributed by atoms with van der Waals surface area (Å²) in [6.45, 7) is -1.81. The smallest absolute Gasteiger partial charge is 0.425 e. The number of hydrogen-bond acceptors (Lipinski definition) is 10. The molecule has 1 aromatic heterocycles. The molecule has 0 radical (unpaired) electrons. The van der Waals surface area contributed by atoms with E-state index in [0.717, 1.165) is 33.1 Å². The number of nitrogens with zero attached hydrogens (tertiary/aromatic N) is 4. The first-order valence-electron chi connectivity index (χ1n) is 15.5. The van der Waals surface area contributed by atoms with Crippen LogP contribution in [0, 0.1) is 0 Å². The first-order valence-corrected chi connectivity index (χ1v) is 17.9. The van der Waals surface area contributed by atoms with E-state index >= 15 is 0 Å². The SMILES string of the molecule is O=C(O)C1=C(C=CCCl)CS[C@H]2[C@H](NC(=O)C(=NOCC(F)(F)F)c3nsc(NC(c4ccccc4)(c4ccccc4)c4ccccc4)n3)C(=O)N12. The lowest BCUT2D eigenvalue weighted by molar-refractivity contribution is -0.174. The maximum atomic E-state index is 13.7. The molecule has 1 fully saturated rings. The number of β-lactam (4-membered cyclic amide) rings is 1. The third-order valence-corrected chi connectivity index (χ3v) is 10.2. The number of hydrogen-bond donors (Lipinski definition) is 3. The molecule has 11 nitrogen and oxygen atoms in total. The molecule has 0 bridgehead atoms. The van der Waals surface area contributed by atoms with Crippen LogP contribution in [0.3, 0.4) is 0 Å². The van der Waals surface area contributed by atoms with Crippen molar-refractivity contribution in [1.82, 2.24) is 19.6 Å². The molecule has 3 N–H and O–H groups in total. The lowest BCUT2D eigenvalue weighted by Gasteiger charge is -2.49. The number of oxime groups is 1. The zero-order valence-corrected chi connectivity index (χ0v) is 29.2. The minimum Gasteiger partial charge on any atom is -0.477 e. The van der Waals surface area contributed by atoms with Gasteiger partial charge < -0.3 is 20.6 Å². The highest BCUT2D eigenvalue weighted by molar-refractivity contribution is 8.00. The standard InChI is InChI=1S/C35H28ClF3N6O5S2/c36-18-10-11-21-19-51-31-26(30(47)45(31)27(21)32(48)49)40-29(46)25(43-50-20-34(37,38)39)28-41-33(52-44-28)42-35(22-12-4-1-5-13-22,23-14-6-2-7-15-23)24-16-8-3-9-17-24/h1-17,26,31H,18-20H2,(H,40,46)(H,48,49)(H,41,42,44)/t26-,31+/m1/s1. The largest absolute Gasteiger partial charge is 0.477 e. The molecule has 0 spiro atoms. The summed E-state index contributed by atoms with van der Waals surface area (Å²) in [5.41, 5.74) is 0.846. The lowest BCUT2D eigenvalue weighted by Crippen LogP contribution is -2.71. The molecule has 17 heteroatoms. The predicted octanol–water partition coefficient (Wildman–Crippen LogP) is 5.76. The number of fused-ring (bicyclic) bond motifs is 1. The summed E-state index contributed by atoms with van der Waals surface area (Å²) < 4.78 is 43.4. The van der Waals surface area contributed by atoms with Crippen molar-refractivity contribution in [3.05, 3.63) is 137 Å². The number of carbonyl (C=O) groups excluding carboxylic acids is 2. The monoisotopic (exact) mass is 768 g/mol. The number of thioether (sulfide) groups is 1. The van der Waals surface area contributed by atoms with Crippen LogP contribution in [0.1, 0.15) is 22.5 Å². The highest BCUT2D eigenvalue weighted by Crippen LogP contribution is 2.42. The fourth-order valence-electron chi connectivity index (χ4n) is 5.83. The van der Waals surface area contributed by atoms with Gasteiger partial charge in [0.15, 0.2) is 0 Å². The van der Waals surface area contributed by atoms with Gasteiger partial charge >= 0.3 is 12.1 Å². The van der Waals surface area contributed by atoms with E-state index in [-0.39, 0.29) is 28.3 Å².